The molecular formula is C27H32N6O. The summed E-state index contributed by atoms with van der Waals surface area (Å²) in [5.74, 6) is 1.49. The summed E-state index contributed by atoms with van der Waals surface area (Å²) in [5, 5.41) is 11.5. The van der Waals surface area contributed by atoms with E-state index in [1.54, 1.807) is 0 Å². The van der Waals surface area contributed by atoms with Crippen LogP contribution < -0.4 is 11.1 Å². The van der Waals surface area contributed by atoms with E-state index in [1.807, 2.05) is 37.4 Å². The number of H-pyrrole nitrogens is 2. The number of nitrogens with one attached hydrogen (secondary N) is 3. The molecule has 4 aromatic rings. The molecule has 1 saturated carbocycles. The van der Waals surface area contributed by atoms with Crippen LogP contribution in [0.3, 0.4) is 0 Å². The van der Waals surface area contributed by atoms with E-state index in [0.29, 0.717) is 18.9 Å². The Morgan fingerprint density at radius 2 is 1.94 bits per heavy atom. The van der Waals surface area contributed by atoms with Crippen LogP contribution in [0.15, 0.2) is 54.7 Å². The maximum absolute atomic E-state index is 13.3. The summed E-state index contributed by atoms with van der Waals surface area (Å²) in [4.78, 5) is 21.7. The molecule has 7 nitrogen and oxygen atoms in total. The van der Waals surface area contributed by atoms with E-state index in [0.717, 1.165) is 64.9 Å². The van der Waals surface area contributed by atoms with Crippen molar-refractivity contribution in [1.29, 1.82) is 0 Å². The lowest BCUT2D eigenvalue weighted by Crippen LogP contribution is -2.37. The maximum atomic E-state index is 13.3. The molecule has 2 aromatic carbocycles. The van der Waals surface area contributed by atoms with Crippen LogP contribution >= 0.6 is 0 Å². The molecule has 0 radical (unpaired) electrons. The van der Waals surface area contributed by atoms with Gasteiger partial charge in [-0.05, 0) is 63.1 Å². The zero-order valence-corrected chi connectivity index (χ0v) is 19.6. The van der Waals surface area contributed by atoms with E-state index < -0.39 is 0 Å². The highest BCUT2D eigenvalue weighted by Crippen LogP contribution is 2.30. The fraction of sp³-hybridized carbons (Fsp3) is 0.370. The van der Waals surface area contributed by atoms with Crippen molar-refractivity contribution in [2.24, 2.45) is 17.6 Å². The van der Waals surface area contributed by atoms with Gasteiger partial charge in [0.2, 0.25) is 5.91 Å². The smallest absolute Gasteiger partial charge is 0.223 e. The van der Waals surface area contributed by atoms with E-state index in [9.17, 15) is 4.79 Å². The molecule has 1 aliphatic rings. The predicted molar refractivity (Wildman–Crippen MR) is 134 cm³/mol. The molecule has 0 saturated heterocycles. The number of nitrogens with zero attached hydrogens (tertiary/aromatic N) is 2. The predicted octanol–water partition coefficient (Wildman–Crippen LogP) is 4.43. The highest BCUT2D eigenvalue weighted by Gasteiger charge is 2.28. The van der Waals surface area contributed by atoms with Gasteiger partial charge in [0, 0.05) is 22.6 Å². The van der Waals surface area contributed by atoms with E-state index in [-0.39, 0.29) is 17.9 Å². The number of benzene rings is 2. The Morgan fingerprint density at radius 1 is 1.15 bits per heavy atom. The minimum absolute atomic E-state index is 0.0411. The highest BCUT2D eigenvalue weighted by molar-refractivity contribution is 5.83. The van der Waals surface area contributed by atoms with Crippen molar-refractivity contribution in [1.82, 2.24) is 25.5 Å². The van der Waals surface area contributed by atoms with Gasteiger partial charge in [0.25, 0.3) is 0 Å². The Labute approximate surface area is 199 Å². The molecule has 34 heavy (non-hydrogen) atoms. The fourth-order valence-corrected chi connectivity index (χ4v) is 5.03. The molecule has 176 valence electrons. The second-order valence-electron chi connectivity index (χ2n) is 9.47. The summed E-state index contributed by atoms with van der Waals surface area (Å²) < 4.78 is 0. The van der Waals surface area contributed by atoms with Crippen LogP contribution in [0.1, 0.15) is 48.8 Å². The number of aromatic amines is 2. The van der Waals surface area contributed by atoms with Crippen LogP contribution in [-0.2, 0) is 11.2 Å². The molecule has 7 heteroatoms. The van der Waals surface area contributed by atoms with Crippen molar-refractivity contribution >= 4 is 16.8 Å². The van der Waals surface area contributed by atoms with Gasteiger partial charge in [-0.3, -0.25) is 9.89 Å². The molecule has 1 amide bonds. The molecule has 0 unspecified atom stereocenters. The van der Waals surface area contributed by atoms with Crippen LogP contribution in [0.25, 0.3) is 22.2 Å². The van der Waals surface area contributed by atoms with E-state index in [2.05, 4.69) is 44.8 Å². The van der Waals surface area contributed by atoms with Crippen LogP contribution in [-0.4, -0.2) is 32.6 Å². The lowest BCUT2D eigenvalue weighted by atomic mass is 9.81. The average molecular weight is 457 g/mol. The van der Waals surface area contributed by atoms with Gasteiger partial charge >= 0.3 is 0 Å². The van der Waals surface area contributed by atoms with Gasteiger partial charge in [-0.1, -0.05) is 42.5 Å². The number of hydrogen-bond acceptors (Lipinski definition) is 4. The number of carbonyl (C=O) groups excluding carboxylic acids is 1. The third-order valence-electron chi connectivity index (χ3n) is 7.10. The van der Waals surface area contributed by atoms with Crippen molar-refractivity contribution < 1.29 is 4.79 Å². The topological polar surface area (TPSA) is 112 Å². The number of carbonyl (C=O) groups is 1. The van der Waals surface area contributed by atoms with Crippen LogP contribution in [0, 0.1) is 18.8 Å². The lowest BCUT2D eigenvalue weighted by molar-refractivity contribution is -0.127. The summed E-state index contributed by atoms with van der Waals surface area (Å²) in [7, 11) is 0. The number of aromatic nitrogens is 4. The van der Waals surface area contributed by atoms with Crippen molar-refractivity contribution in [3.05, 3.63) is 71.8 Å². The molecule has 2 aromatic heterocycles. The van der Waals surface area contributed by atoms with Gasteiger partial charge in [0.1, 0.15) is 5.82 Å². The molecule has 1 atom stereocenters. The van der Waals surface area contributed by atoms with Crippen LogP contribution in [0.2, 0.25) is 0 Å². The Morgan fingerprint density at radius 3 is 2.71 bits per heavy atom. The van der Waals surface area contributed by atoms with Crippen LogP contribution in [0.5, 0.6) is 0 Å². The highest BCUT2D eigenvalue weighted by atomic mass is 16.1. The van der Waals surface area contributed by atoms with Crippen molar-refractivity contribution in [3.8, 4) is 11.3 Å². The first-order valence-corrected chi connectivity index (χ1v) is 12.1. The zero-order valence-electron chi connectivity index (χ0n) is 19.6. The van der Waals surface area contributed by atoms with Gasteiger partial charge in [0.15, 0.2) is 0 Å². The Kier molecular flexibility index (Phi) is 6.45. The minimum Gasteiger partial charge on any atom is -0.346 e. The molecule has 0 bridgehead atoms. The summed E-state index contributed by atoms with van der Waals surface area (Å²) in [5.41, 5.74) is 10.9. The maximum Gasteiger partial charge on any atom is 0.223 e. The fourth-order valence-electron chi connectivity index (χ4n) is 5.03. The molecule has 1 fully saturated rings. The van der Waals surface area contributed by atoms with Crippen molar-refractivity contribution in [2.75, 3.05) is 6.54 Å². The van der Waals surface area contributed by atoms with Gasteiger partial charge < -0.3 is 16.0 Å². The number of hydrogen-bond donors (Lipinski definition) is 4. The largest absolute Gasteiger partial charge is 0.346 e. The lowest BCUT2D eigenvalue weighted by Gasteiger charge is -2.28. The summed E-state index contributed by atoms with van der Waals surface area (Å²) >= 11 is 0. The number of rotatable bonds is 7. The zero-order chi connectivity index (χ0) is 23.5. The Bertz CT molecular complexity index is 1250. The Balaban J connectivity index is 1.41. The molecule has 0 aliphatic heterocycles. The molecule has 2 heterocycles. The summed E-state index contributed by atoms with van der Waals surface area (Å²) in [6, 6.07) is 16.2. The number of nitrogens with two attached hydrogens (primary N) is 1. The molecular weight excluding hydrogens is 424 g/mol. The first-order valence-electron chi connectivity index (χ1n) is 12.1. The SMILES string of the molecule is Cc1[nH]c([C@H](Cc2ccccc2)NC(=O)C2CCC(CN)CC2)nc1-c1ccc2cn[nH]c2c1. The van der Waals surface area contributed by atoms with E-state index in [1.165, 1.54) is 0 Å². The molecule has 0 spiro atoms. The minimum atomic E-state index is -0.231. The number of aryl methyl sites for hydroxylation is 1. The third-order valence-corrected chi connectivity index (χ3v) is 7.10. The van der Waals surface area contributed by atoms with Crippen molar-refractivity contribution in [2.45, 2.75) is 45.1 Å². The number of amides is 1. The summed E-state index contributed by atoms with van der Waals surface area (Å²) in [6.07, 6.45) is 6.35. The average Bonchev–Trinajstić information content (AvgIpc) is 3.50. The van der Waals surface area contributed by atoms with Gasteiger partial charge in [0.05, 0.1) is 23.4 Å². The molecule has 5 N–H and O–H groups in total. The van der Waals surface area contributed by atoms with Crippen molar-refractivity contribution in [3.63, 3.8) is 0 Å². The number of imidazole rings is 1. The van der Waals surface area contributed by atoms with Gasteiger partial charge in [-0.2, -0.15) is 5.10 Å². The third kappa shape index (κ3) is 4.75. The van der Waals surface area contributed by atoms with Gasteiger partial charge in [-0.25, -0.2) is 4.98 Å². The molecule has 5 rings (SSSR count). The Hall–Kier alpha value is -3.45. The van der Waals surface area contributed by atoms with Gasteiger partial charge in [-0.15, -0.1) is 0 Å². The standard InChI is InChI=1S/C27H32N6O/c1-17-25(21-11-12-22-16-29-33-23(22)14-21)32-26(30-17)24(13-18-5-3-2-4-6-18)31-27(34)20-9-7-19(15-28)8-10-20/h2-6,11-12,14,16,19-20,24H,7-10,13,15,28H2,1H3,(H,29,33)(H,30,32)(H,31,34)/t19?,20?,24-/m0/s1. The second kappa shape index (κ2) is 9.81. The quantitative estimate of drug-likeness (QED) is 0.330. The van der Waals surface area contributed by atoms with Crippen LogP contribution in [0.4, 0.5) is 0 Å². The normalized spacial score (nSPS) is 19.2. The summed E-state index contributed by atoms with van der Waals surface area (Å²) in [6.45, 7) is 2.74. The second-order valence-corrected chi connectivity index (χ2v) is 9.47. The first-order chi connectivity index (χ1) is 16.6. The monoisotopic (exact) mass is 456 g/mol. The van der Waals surface area contributed by atoms with E-state index >= 15 is 0 Å². The molecule has 1 aliphatic carbocycles. The number of fused-ring (bicyclic) bond motifs is 1. The first kappa shape index (κ1) is 22.3. The van der Waals surface area contributed by atoms with E-state index in [4.69, 9.17) is 10.7 Å².